The topological polar surface area (TPSA) is 78.1 Å². The van der Waals surface area contributed by atoms with Crippen molar-refractivity contribution in [1.29, 1.82) is 0 Å². The van der Waals surface area contributed by atoms with E-state index >= 15 is 0 Å². The zero-order valence-corrected chi connectivity index (χ0v) is 14.4. The van der Waals surface area contributed by atoms with Crippen molar-refractivity contribution in [2.75, 3.05) is 0 Å². The summed E-state index contributed by atoms with van der Waals surface area (Å²) in [5.41, 5.74) is -0.105. The van der Waals surface area contributed by atoms with Crippen LogP contribution in [0.4, 0.5) is 13.2 Å². The number of hydrogen-bond donors (Lipinski definition) is 0. The smallest absolute Gasteiger partial charge is 0.416 e. The number of aromatic nitrogens is 3. The third-order valence-corrected chi connectivity index (χ3v) is 4.38. The van der Waals surface area contributed by atoms with Gasteiger partial charge in [0.15, 0.2) is 6.61 Å². The van der Waals surface area contributed by atoms with Crippen molar-refractivity contribution in [2.24, 2.45) is 0 Å². The number of nitrogens with zero attached hydrogens (tertiary/aromatic N) is 3. The van der Waals surface area contributed by atoms with Gasteiger partial charge in [0, 0.05) is 5.56 Å². The van der Waals surface area contributed by atoms with Gasteiger partial charge < -0.3 is 9.26 Å². The van der Waals surface area contributed by atoms with Gasteiger partial charge in [-0.25, -0.2) is 9.78 Å². The number of ether oxygens (including phenoxy) is 1. The molecule has 0 radical (unpaired) electrons. The van der Waals surface area contributed by atoms with E-state index < -0.39 is 17.7 Å². The molecule has 2 heterocycles. The van der Waals surface area contributed by atoms with Gasteiger partial charge in [-0.05, 0) is 26.0 Å². The van der Waals surface area contributed by atoms with E-state index in [1.165, 1.54) is 23.5 Å². The molecule has 2 aromatic heterocycles. The maximum atomic E-state index is 12.8. The molecule has 0 atom stereocenters. The van der Waals surface area contributed by atoms with Crippen molar-refractivity contribution in [2.45, 2.75) is 26.6 Å². The summed E-state index contributed by atoms with van der Waals surface area (Å²) in [7, 11) is 0. The van der Waals surface area contributed by atoms with Crippen LogP contribution in [0.25, 0.3) is 11.4 Å². The third-order valence-electron chi connectivity index (χ3n) is 3.33. The normalized spacial score (nSPS) is 11.6. The molecule has 3 aromatic rings. The summed E-state index contributed by atoms with van der Waals surface area (Å²) in [5.74, 6) is -0.622. The fourth-order valence-corrected chi connectivity index (χ4v) is 2.99. The van der Waals surface area contributed by atoms with Gasteiger partial charge in [0.2, 0.25) is 5.82 Å². The number of esters is 1. The zero-order chi connectivity index (χ0) is 18.9. The van der Waals surface area contributed by atoms with Crippen LogP contribution in [0.3, 0.4) is 0 Å². The first kappa shape index (κ1) is 18.1. The summed E-state index contributed by atoms with van der Waals surface area (Å²) in [6, 6.07) is 4.55. The van der Waals surface area contributed by atoms with Crippen molar-refractivity contribution in [3.8, 4) is 11.4 Å². The fraction of sp³-hybridized carbons (Fsp3) is 0.250. The lowest BCUT2D eigenvalue weighted by Crippen LogP contribution is -2.05. The van der Waals surface area contributed by atoms with Gasteiger partial charge in [0.1, 0.15) is 4.88 Å². The van der Waals surface area contributed by atoms with Gasteiger partial charge in [-0.1, -0.05) is 17.3 Å². The van der Waals surface area contributed by atoms with Crippen LogP contribution < -0.4 is 0 Å². The fourth-order valence-electron chi connectivity index (χ4n) is 2.18. The van der Waals surface area contributed by atoms with Crippen LogP contribution in [-0.4, -0.2) is 21.1 Å². The lowest BCUT2D eigenvalue weighted by atomic mass is 10.1. The van der Waals surface area contributed by atoms with Gasteiger partial charge in [0.05, 0.1) is 16.3 Å². The average molecular weight is 383 g/mol. The predicted octanol–water partition coefficient (Wildman–Crippen LogP) is 4.19. The standard InChI is InChI=1S/C16H12F3N3O3S/c1-8-13(26-9(2)20-8)15(23)24-7-12-21-14(22-25-12)10-4-3-5-11(6-10)16(17,18)19/h3-6H,7H2,1-2H3. The molecule has 0 saturated carbocycles. The average Bonchev–Trinajstić information content (AvgIpc) is 3.18. The summed E-state index contributed by atoms with van der Waals surface area (Å²) in [6.07, 6.45) is -4.47. The molecule has 6 nitrogen and oxygen atoms in total. The Morgan fingerprint density at radius 3 is 2.69 bits per heavy atom. The van der Waals surface area contributed by atoms with Crippen LogP contribution in [0, 0.1) is 13.8 Å². The Morgan fingerprint density at radius 2 is 2.04 bits per heavy atom. The van der Waals surface area contributed by atoms with E-state index in [0.29, 0.717) is 10.6 Å². The molecule has 10 heteroatoms. The van der Waals surface area contributed by atoms with Crippen LogP contribution >= 0.6 is 11.3 Å². The number of benzene rings is 1. The van der Waals surface area contributed by atoms with Gasteiger partial charge in [-0.15, -0.1) is 11.3 Å². The summed E-state index contributed by atoms with van der Waals surface area (Å²) >= 11 is 1.20. The second-order valence-corrected chi connectivity index (χ2v) is 6.52. The number of carbonyl (C=O) groups is 1. The molecule has 0 saturated heterocycles. The van der Waals surface area contributed by atoms with E-state index in [-0.39, 0.29) is 23.9 Å². The second-order valence-electron chi connectivity index (χ2n) is 5.31. The Bertz CT molecular complexity index is 950. The number of rotatable bonds is 4. The lowest BCUT2D eigenvalue weighted by Gasteiger charge is -2.06. The molecule has 136 valence electrons. The molecule has 0 spiro atoms. The molecule has 0 bridgehead atoms. The van der Waals surface area contributed by atoms with Crippen LogP contribution in [-0.2, 0) is 17.5 Å². The minimum atomic E-state index is -4.47. The van der Waals surface area contributed by atoms with Gasteiger partial charge in [-0.3, -0.25) is 0 Å². The number of alkyl halides is 3. The molecule has 3 rings (SSSR count). The molecule has 1 aromatic carbocycles. The molecule has 0 N–H and O–H groups in total. The quantitative estimate of drug-likeness (QED) is 0.629. The summed E-state index contributed by atoms with van der Waals surface area (Å²) < 4.78 is 48.3. The molecular formula is C16H12F3N3O3S. The Labute approximate surface area is 149 Å². The highest BCUT2D eigenvalue weighted by Gasteiger charge is 2.30. The van der Waals surface area contributed by atoms with E-state index in [1.54, 1.807) is 13.8 Å². The van der Waals surface area contributed by atoms with Crippen molar-refractivity contribution in [3.05, 3.63) is 51.3 Å². The molecule has 0 aliphatic heterocycles. The largest absolute Gasteiger partial charge is 0.451 e. The van der Waals surface area contributed by atoms with Gasteiger partial charge in [0.25, 0.3) is 5.89 Å². The van der Waals surface area contributed by atoms with Crippen molar-refractivity contribution < 1.29 is 27.2 Å². The Morgan fingerprint density at radius 1 is 1.27 bits per heavy atom. The number of thiazole rings is 1. The Kier molecular flexibility index (Phi) is 4.77. The van der Waals surface area contributed by atoms with E-state index in [9.17, 15) is 18.0 Å². The van der Waals surface area contributed by atoms with Crippen LogP contribution in [0.5, 0.6) is 0 Å². The minimum absolute atomic E-state index is 0.0213. The van der Waals surface area contributed by atoms with Crippen LogP contribution in [0.1, 0.15) is 31.8 Å². The molecule has 0 aliphatic carbocycles. The maximum absolute atomic E-state index is 12.8. The van der Waals surface area contributed by atoms with Crippen LogP contribution in [0.15, 0.2) is 28.8 Å². The lowest BCUT2D eigenvalue weighted by molar-refractivity contribution is -0.137. The molecule has 26 heavy (non-hydrogen) atoms. The second kappa shape index (κ2) is 6.87. The van der Waals surface area contributed by atoms with E-state index in [4.69, 9.17) is 9.26 Å². The molecule has 0 amide bonds. The SMILES string of the molecule is Cc1nc(C)c(C(=O)OCc2nc(-c3cccc(C(F)(F)F)c3)no2)s1. The highest BCUT2D eigenvalue weighted by atomic mass is 32.1. The van der Waals surface area contributed by atoms with Crippen molar-refractivity contribution in [3.63, 3.8) is 0 Å². The zero-order valence-electron chi connectivity index (χ0n) is 13.6. The predicted molar refractivity (Wildman–Crippen MR) is 85.4 cm³/mol. The van der Waals surface area contributed by atoms with Crippen LogP contribution in [0.2, 0.25) is 0 Å². The number of aryl methyl sites for hydroxylation is 2. The Balaban J connectivity index is 1.71. The number of halogens is 3. The highest BCUT2D eigenvalue weighted by molar-refractivity contribution is 7.13. The third kappa shape index (κ3) is 3.90. The summed E-state index contributed by atoms with van der Waals surface area (Å²) in [4.78, 5) is 20.5. The molecule has 0 aliphatic rings. The van der Waals surface area contributed by atoms with Crippen molar-refractivity contribution >= 4 is 17.3 Å². The van der Waals surface area contributed by atoms with Crippen molar-refractivity contribution in [1.82, 2.24) is 15.1 Å². The summed E-state index contributed by atoms with van der Waals surface area (Å²) in [5, 5.41) is 4.36. The number of hydrogen-bond acceptors (Lipinski definition) is 7. The van der Waals surface area contributed by atoms with E-state index in [1.807, 2.05) is 0 Å². The maximum Gasteiger partial charge on any atom is 0.416 e. The van der Waals surface area contributed by atoms with E-state index in [2.05, 4.69) is 15.1 Å². The highest BCUT2D eigenvalue weighted by Crippen LogP contribution is 2.31. The Hall–Kier alpha value is -2.75. The first-order valence-corrected chi connectivity index (χ1v) is 8.17. The number of carbonyl (C=O) groups excluding carboxylic acids is 1. The minimum Gasteiger partial charge on any atom is -0.451 e. The molecular weight excluding hydrogens is 371 g/mol. The first-order valence-electron chi connectivity index (χ1n) is 7.35. The van der Waals surface area contributed by atoms with E-state index in [0.717, 1.165) is 17.1 Å². The van der Waals surface area contributed by atoms with Gasteiger partial charge in [-0.2, -0.15) is 18.2 Å². The monoisotopic (exact) mass is 383 g/mol. The summed E-state index contributed by atoms with van der Waals surface area (Å²) in [6.45, 7) is 3.17. The first-order chi connectivity index (χ1) is 12.2. The molecule has 0 fully saturated rings. The van der Waals surface area contributed by atoms with Gasteiger partial charge >= 0.3 is 12.1 Å². The molecule has 0 unspecified atom stereocenters.